The van der Waals surface area contributed by atoms with Crippen LogP contribution in [-0.4, -0.2) is 10.2 Å². The third-order valence-corrected chi connectivity index (χ3v) is 1.23. The number of H-pyrrole nitrogens is 1. The topological polar surface area (TPSA) is 77.4 Å². The first kappa shape index (κ1) is 6.64. The normalized spacial score (nSPS) is 9.00. The van der Waals surface area contributed by atoms with Gasteiger partial charge in [-0.25, -0.2) is 0 Å². The summed E-state index contributed by atoms with van der Waals surface area (Å²) in [6.45, 7) is 3.59. The molecule has 10 heavy (non-hydrogen) atoms. The molecule has 52 valence electrons. The van der Waals surface area contributed by atoms with Crippen molar-refractivity contribution in [1.29, 1.82) is 0 Å². The monoisotopic (exact) mass is 137 g/mol. The quantitative estimate of drug-likeness (QED) is 0.358. The second-order valence-corrected chi connectivity index (χ2v) is 1.97. The molecule has 5 nitrogen and oxygen atoms in total. The Morgan fingerprint density at radius 3 is 2.70 bits per heavy atom. The van der Waals surface area contributed by atoms with Gasteiger partial charge in [0.05, 0.1) is 11.4 Å². The third kappa shape index (κ3) is 0.942. The highest BCUT2D eigenvalue weighted by Crippen LogP contribution is 2.19. The number of hydrogen-bond donors (Lipinski definition) is 1. The highest BCUT2D eigenvalue weighted by atomic mass is 15.2. The summed E-state index contributed by atoms with van der Waals surface area (Å²) in [4.78, 5) is 2.66. The molecule has 1 aromatic heterocycles. The van der Waals surface area contributed by atoms with Gasteiger partial charge in [-0.2, -0.15) is 5.10 Å². The first-order chi connectivity index (χ1) is 4.75. The van der Waals surface area contributed by atoms with Crippen molar-refractivity contribution in [2.45, 2.75) is 13.8 Å². The molecule has 0 bridgehead atoms. The van der Waals surface area contributed by atoms with Crippen molar-refractivity contribution in [3.63, 3.8) is 0 Å². The van der Waals surface area contributed by atoms with Crippen LogP contribution in [0.4, 0.5) is 5.69 Å². The minimum atomic E-state index is 0.600. The van der Waals surface area contributed by atoms with E-state index in [0.29, 0.717) is 5.69 Å². The van der Waals surface area contributed by atoms with E-state index < -0.39 is 0 Å². The van der Waals surface area contributed by atoms with E-state index in [2.05, 4.69) is 20.2 Å². The summed E-state index contributed by atoms with van der Waals surface area (Å²) in [6.07, 6.45) is 0. The Morgan fingerprint density at radius 2 is 2.30 bits per heavy atom. The summed E-state index contributed by atoms with van der Waals surface area (Å²) in [7, 11) is 0. The number of aryl methyl sites for hydroxylation is 2. The average molecular weight is 137 g/mol. The Hall–Kier alpha value is -1.48. The van der Waals surface area contributed by atoms with E-state index in [4.69, 9.17) is 5.53 Å². The van der Waals surface area contributed by atoms with Crippen LogP contribution in [-0.2, 0) is 0 Å². The Bertz CT molecular complexity index is 261. The van der Waals surface area contributed by atoms with E-state index in [0.717, 1.165) is 11.4 Å². The molecule has 1 rings (SSSR count). The zero-order valence-electron chi connectivity index (χ0n) is 5.79. The molecule has 0 amide bonds. The summed E-state index contributed by atoms with van der Waals surface area (Å²) in [5, 5.41) is 10.0. The van der Waals surface area contributed by atoms with Gasteiger partial charge in [0.2, 0.25) is 0 Å². The number of azide groups is 1. The Morgan fingerprint density at radius 1 is 1.60 bits per heavy atom. The van der Waals surface area contributed by atoms with Gasteiger partial charge in [0.25, 0.3) is 0 Å². The predicted molar refractivity (Wildman–Crippen MR) is 36.9 cm³/mol. The largest absolute Gasteiger partial charge is 0.282 e. The molecular weight excluding hydrogens is 130 g/mol. The molecule has 0 spiro atoms. The van der Waals surface area contributed by atoms with E-state index in [-0.39, 0.29) is 0 Å². The van der Waals surface area contributed by atoms with Crippen LogP contribution in [0.15, 0.2) is 5.11 Å². The van der Waals surface area contributed by atoms with Crippen molar-refractivity contribution in [3.8, 4) is 0 Å². The van der Waals surface area contributed by atoms with Crippen molar-refractivity contribution in [2.24, 2.45) is 5.11 Å². The van der Waals surface area contributed by atoms with E-state index >= 15 is 0 Å². The Balaban J connectivity index is 3.22. The van der Waals surface area contributed by atoms with Crippen LogP contribution in [0, 0.1) is 13.8 Å². The van der Waals surface area contributed by atoms with Gasteiger partial charge in [-0.1, -0.05) is 5.11 Å². The molecule has 0 atom stereocenters. The molecule has 1 heterocycles. The maximum atomic E-state index is 8.10. The zero-order chi connectivity index (χ0) is 7.56. The van der Waals surface area contributed by atoms with Crippen LogP contribution >= 0.6 is 0 Å². The molecule has 0 aromatic carbocycles. The highest BCUT2D eigenvalue weighted by molar-refractivity contribution is 5.44. The molecule has 0 aliphatic rings. The number of aromatic nitrogens is 2. The molecule has 5 heteroatoms. The summed E-state index contributed by atoms with van der Waals surface area (Å²) in [5.74, 6) is 0. The van der Waals surface area contributed by atoms with E-state index in [1.165, 1.54) is 0 Å². The van der Waals surface area contributed by atoms with Crippen molar-refractivity contribution < 1.29 is 0 Å². The fourth-order valence-electron chi connectivity index (χ4n) is 0.737. The first-order valence-electron chi connectivity index (χ1n) is 2.82. The maximum absolute atomic E-state index is 8.10. The minimum Gasteiger partial charge on any atom is -0.282 e. The number of hydrogen-bond acceptors (Lipinski definition) is 2. The fourth-order valence-corrected chi connectivity index (χ4v) is 0.737. The van der Waals surface area contributed by atoms with Gasteiger partial charge in [0, 0.05) is 10.6 Å². The van der Waals surface area contributed by atoms with Crippen LogP contribution in [0.25, 0.3) is 10.4 Å². The number of nitrogens with zero attached hydrogens (tertiary/aromatic N) is 4. The predicted octanol–water partition coefficient (Wildman–Crippen LogP) is 1.97. The molecule has 0 aliphatic carbocycles. The van der Waals surface area contributed by atoms with Crippen molar-refractivity contribution in [3.05, 3.63) is 21.8 Å². The van der Waals surface area contributed by atoms with Crippen molar-refractivity contribution in [2.75, 3.05) is 0 Å². The van der Waals surface area contributed by atoms with Gasteiger partial charge < -0.3 is 0 Å². The first-order valence-corrected chi connectivity index (χ1v) is 2.82. The Labute approximate surface area is 57.7 Å². The lowest BCUT2D eigenvalue weighted by molar-refractivity contribution is 1.02. The molecule has 0 aliphatic heterocycles. The number of rotatable bonds is 1. The molecular formula is C5H7N5. The van der Waals surface area contributed by atoms with Crippen molar-refractivity contribution in [1.82, 2.24) is 10.2 Å². The lowest BCUT2D eigenvalue weighted by Crippen LogP contribution is -1.68. The third-order valence-electron chi connectivity index (χ3n) is 1.23. The number of aromatic amines is 1. The standard InChI is InChI=1S/C5H7N5/c1-3-5(9-10-6)4(2)8-7-3/h1-2H3,(H,7,8). The van der Waals surface area contributed by atoms with Gasteiger partial charge in [0.15, 0.2) is 0 Å². The van der Waals surface area contributed by atoms with Crippen LogP contribution in [0.5, 0.6) is 0 Å². The average Bonchev–Trinajstić information content (AvgIpc) is 2.20. The lowest BCUT2D eigenvalue weighted by Gasteiger charge is -1.84. The molecule has 1 N–H and O–H groups in total. The second-order valence-electron chi connectivity index (χ2n) is 1.97. The van der Waals surface area contributed by atoms with Gasteiger partial charge in [-0.05, 0) is 19.4 Å². The van der Waals surface area contributed by atoms with E-state index in [1.807, 2.05) is 6.92 Å². The van der Waals surface area contributed by atoms with Crippen LogP contribution in [0.2, 0.25) is 0 Å². The van der Waals surface area contributed by atoms with Crippen LogP contribution < -0.4 is 0 Å². The molecule has 0 saturated heterocycles. The number of nitrogens with one attached hydrogen (secondary N) is 1. The van der Waals surface area contributed by atoms with Gasteiger partial charge in [-0.3, -0.25) is 5.10 Å². The summed E-state index contributed by atoms with van der Waals surface area (Å²) in [6, 6.07) is 0. The summed E-state index contributed by atoms with van der Waals surface area (Å²) < 4.78 is 0. The highest BCUT2D eigenvalue weighted by Gasteiger charge is 2.01. The summed E-state index contributed by atoms with van der Waals surface area (Å²) in [5.41, 5.74) is 10.2. The summed E-state index contributed by atoms with van der Waals surface area (Å²) >= 11 is 0. The maximum Gasteiger partial charge on any atom is 0.0811 e. The molecule has 0 unspecified atom stereocenters. The molecule has 0 radical (unpaired) electrons. The zero-order valence-corrected chi connectivity index (χ0v) is 5.79. The van der Waals surface area contributed by atoms with Gasteiger partial charge in [-0.15, -0.1) is 0 Å². The van der Waals surface area contributed by atoms with E-state index in [1.54, 1.807) is 6.92 Å². The SMILES string of the molecule is Cc1n[nH]c(C)c1N=[N+]=[N-]. The smallest absolute Gasteiger partial charge is 0.0811 e. The van der Waals surface area contributed by atoms with E-state index in [9.17, 15) is 0 Å². The van der Waals surface area contributed by atoms with Gasteiger partial charge >= 0.3 is 0 Å². The van der Waals surface area contributed by atoms with Gasteiger partial charge in [0.1, 0.15) is 0 Å². The fraction of sp³-hybridized carbons (Fsp3) is 0.400. The van der Waals surface area contributed by atoms with Crippen molar-refractivity contribution >= 4 is 5.69 Å². The lowest BCUT2D eigenvalue weighted by atomic mass is 10.3. The molecule has 0 saturated carbocycles. The van der Waals surface area contributed by atoms with Crippen LogP contribution in [0.3, 0.4) is 0 Å². The molecule has 1 aromatic rings. The van der Waals surface area contributed by atoms with Crippen LogP contribution in [0.1, 0.15) is 11.4 Å². The Kier molecular flexibility index (Phi) is 1.60. The molecule has 0 fully saturated rings. The second kappa shape index (κ2) is 2.41. The minimum absolute atomic E-state index is 0.600.